The van der Waals surface area contributed by atoms with Crippen molar-refractivity contribution in [1.29, 1.82) is 0 Å². The minimum absolute atomic E-state index is 0.0180. The third-order valence-corrected chi connectivity index (χ3v) is 4.76. The summed E-state index contributed by atoms with van der Waals surface area (Å²) in [5, 5.41) is 4.03. The quantitative estimate of drug-likeness (QED) is 0.779. The molecule has 1 atom stereocenters. The molecule has 2 aromatic rings. The molecule has 2 heterocycles. The first-order chi connectivity index (χ1) is 12.8. The predicted octanol–water partition coefficient (Wildman–Crippen LogP) is 3.43. The molecule has 6 heteroatoms. The Balaban J connectivity index is 1.75. The summed E-state index contributed by atoms with van der Waals surface area (Å²) in [5.74, 6) is 0.706. The van der Waals surface area contributed by atoms with E-state index < -0.39 is 6.04 Å². The van der Waals surface area contributed by atoms with Crippen LogP contribution in [-0.2, 0) is 32.8 Å². The Labute approximate surface area is 159 Å². The van der Waals surface area contributed by atoms with Gasteiger partial charge in [0.25, 0.3) is 0 Å². The van der Waals surface area contributed by atoms with Gasteiger partial charge in [-0.25, -0.2) is 0 Å². The summed E-state index contributed by atoms with van der Waals surface area (Å²) >= 11 is 0. The van der Waals surface area contributed by atoms with Gasteiger partial charge >= 0.3 is 0 Å². The van der Waals surface area contributed by atoms with Crippen molar-refractivity contribution in [3.8, 4) is 0 Å². The molecule has 0 spiro atoms. The molecule has 1 aromatic heterocycles. The lowest BCUT2D eigenvalue weighted by Gasteiger charge is -2.24. The molecule has 144 valence electrons. The van der Waals surface area contributed by atoms with Crippen molar-refractivity contribution in [2.24, 2.45) is 0 Å². The highest BCUT2D eigenvalue weighted by atomic mass is 16.5. The molecule has 0 bridgehead atoms. The molecule has 1 aliphatic heterocycles. The number of benzene rings is 1. The van der Waals surface area contributed by atoms with Crippen LogP contribution in [-0.4, -0.2) is 30.0 Å². The second kappa shape index (κ2) is 7.64. The first-order valence-corrected chi connectivity index (χ1v) is 9.18. The Morgan fingerprint density at radius 2 is 2.00 bits per heavy atom. The van der Waals surface area contributed by atoms with Gasteiger partial charge in [-0.2, -0.15) is 0 Å². The molecule has 3 rings (SSSR count). The summed E-state index contributed by atoms with van der Waals surface area (Å²) in [6.07, 6.45) is 1.07. The molecule has 1 saturated heterocycles. The van der Waals surface area contributed by atoms with Gasteiger partial charge < -0.3 is 14.2 Å². The number of ether oxygens (including phenoxy) is 1. The van der Waals surface area contributed by atoms with Gasteiger partial charge in [0.15, 0.2) is 5.78 Å². The zero-order chi connectivity index (χ0) is 19.6. The van der Waals surface area contributed by atoms with Gasteiger partial charge in [-0.05, 0) is 24.1 Å². The van der Waals surface area contributed by atoms with Gasteiger partial charge in [-0.1, -0.05) is 38.1 Å². The average Bonchev–Trinajstić information content (AvgIpc) is 3.22. The van der Waals surface area contributed by atoms with Crippen molar-refractivity contribution in [3.05, 3.63) is 47.3 Å². The van der Waals surface area contributed by atoms with Crippen molar-refractivity contribution in [2.45, 2.75) is 58.1 Å². The van der Waals surface area contributed by atoms with Crippen LogP contribution in [0.25, 0.3) is 0 Å². The predicted molar refractivity (Wildman–Crippen MR) is 102 cm³/mol. The van der Waals surface area contributed by atoms with Gasteiger partial charge in [-0.15, -0.1) is 0 Å². The Bertz CT molecular complexity index is 817. The molecule has 1 aliphatic rings. The molecule has 27 heavy (non-hydrogen) atoms. The minimum atomic E-state index is -0.458. The van der Waals surface area contributed by atoms with Crippen molar-refractivity contribution in [3.63, 3.8) is 0 Å². The smallest absolute Gasteiger partial charge is 0.227 e. The number of ketones is 1. The van der Waals surface area contributed by atoms with E-state index in [9.17, 15) is 9.59 Å². The summed E-state index contributed by atoms with van der Waals surface area (Å²) in [7, 11) is 1.64. The topological polar surface area (TPSA) is 72.6 Å². The van der Waals surface area contributed by atoms with Crippen LogP contribution in [0.1, 0.15) is 50.6 Å². The van der Waals surface area contributed by atoms with E-state index in [1.807, 2.05) is 51.1 Å². The standard InChI is InChI=1S/C21H26N2O4/c1-21(2,3)19-12-15(22-27-19)11-18(24)17-9-10-20(25)23(17)16-7-5-14(6-8-16)13-26-4/h5-8,12,17H,9-11,13H2,1-4H3. The van der Waals surface area contributed by atoms with Gasteiger partial charge in [0.2, 0.25) is 5.91 Å². The second-order valence-corrected chi connectivity index (χ2v) is 7.99. The van der Waals surface area contributed by atoms with E-state index in [0.29, 0.717) is 25.1 Å². The number of Topliss-reactive ketones (excluding diaryl/α,β-unsaturated/α-hetero) is 1. The van der Waals surface area contributed by atoms with E-state index in [1.165, 1.54) is 0 Å². The second-order valence-electron chi connectivity index (χ2n) is 7.99. The maximum absolute atomic E-state index is 12.9. The summed E-state index contributed by atoms with van der Waals surface area (Å²) in [6.45, 7) is 6.61. The summed E-state index contributed by atoms with van der Waals surface area (Å²) in [6, 6.07) is 8.94. The molecule has 0 radical (unpaired) electrons. The van der Waals surface area contributed by atoms with Gasteiger partial charge in [0, 0.05) is 30.7 Å². The van der Waals surface area contributed by atoms with E-state index in [4.69, 9.17) is 9.26 Å². The Hall–Kier alpha value is -2.47. The lowest BCUT2D eigenvalue weighted by molar-refractivity contribution is -0.122. The monoisotopic (exact) mass is 370 g/mol. The zero-order valence-electron chi connectivity index (χ0n) is 16.3. The fourth-order valence-electron chi connectivity index (χ4n) is 3.28. The van der Waals surface area contributed by atoms with Crippen LogP contribution in [0, 0.1) is 0 Å². The number of carbonyl (C=O) groups is 2. The number of amides is 1. The highest BCUT2D eigenvalue weighted by Gasteiger charge is 2.37. The first kappa shape index (κ1) is 19.3. The summed E-state index contributed by atoms with van der Waals surface area (Å²) < 4.78 is 10.5. The molecule has 0 saturated carbocycles. The third kappa shape index (κ3) is 4.27. The van der Waals surface area contributed by atoms with E-state index in [2.05, 4.69) is 5.16 Å². The van der Waals surface area contributed by atoms with Crippen LogP contribution in [0.15, 0.2) is 34.9 Å². The maximum Gasteiger partial charge on any atom is 0.227 e. The molecule has 0 N–H and O–H groups in total. The van der Waals surface area contributed by atoms with Crippen LogP contribution >= 0.6 is 0 Å². The van der Waals surface area contributed by atoms with Crippen LogP contribution in [0.3, 0.4) is 0 Å². The lowest BCUT2D eigenvalue weighted by atomic mass is 9.93. The summed E-state index contributed by atoms with van der Waals surface area (Å²) in [5.41, 5.74) is 2.21. The number of nitrogens with zero attached hydrogens (tertiary/aromatic N) is 2. The fourth-order valence-corrected chi connectivity index (χ4v) is 3.28. The molecule has 1 fully saturated rings. The van der Waals surface area contributed by atoms with Crippen LogP contribution in [0.5, 0.6) is 0 Å². The van der Waals surface area contributed by atoms with E-state index in [1.54, 1.807) is 12.0 Å². The van der Waals surface area contributed by atoms with Crippen molar-refractivity contribution in [1.82, 2.24) is 5.16 Å². The molecule has 1 aromatic carbocycles. The van der Waals surface area contributed by atoms with Crippen LogP contribution in [0.4, 0.5) is 5.69 Å². The highest BCUT2D eigenvalue weighted by Crippen LogP contribution is 2.29. The fraction of sp³-hybridized carbons (Fsp3) is 0.476. The molecule has 0 aliphatic carbocycles. The number of hydrogen-bond acceptors (Lipinski definition) is 5. The molecular formula is C21H26N2O4. The Kier molecular flexibility index (Phi) is 5.46. The van der Waals surface area contributed by atoms with Crippen LogP contribution in [0.2, 0.25) is 0 Å². The first-order valence-electron chi connectivity index (χ1n) is 9.18. The van der Waals surface area contributed by atoms with E-state index in [-0.39, 0.29) is 23.5 Å². The normalized spacial score (nSPS) is 17.6. The lowest BCUT2D eigenvalue weighted by Crippen LogP contribution is -2.39. The molecular weight excluding hydrogens is 344 g/mol. The number of anilines is 1. The van der Waals surface area contributed by atoms with E-state index in [0.717, 1.165) is 17.0 Å². The SMILES string of the molecule is COCc1ccc(N2C(=O)CCC2C(=O)Cc2cc(C(C)(C)C)on2)cc1. The van der Waals surface area contributed by atoms with Crippen LogP contribution < -0.4 is 4.90 Å². The maximum atomic E-state index is 12.9. The third-order valence-electron chi connectivity index (χ3n) is 4.76. The highest BCUT2D eigenvalue weighted by molar-refractivity contribution is 6.04. The number of carbonyl (C=O) groups excluding carboxylic acids is 2. The number of rotatable bonds is 6. The van der Waals surface area contributed by atoms with Gasteiger partial charge in [0.05, 0.1) is 24.8 Å². The average molecular weight is 370 g/mol. The summed E-state index contributed by atoms with van der Waals surface area (Å²) in [4.78, 5) is 26.9. The van der Waals surface area contributed by atoms with Gasteiger partial charge in [-0.3, -0.25) is 9.59 Å². The number of aromatic nitrogens is 1. The number of methoxy groups -OCH3 is 1. The minimum Gasteiger partial charge on any atom is -0.380 e. The molecule has 1 amide bonds. The number of hydrogen-bond donors (Lipinski definition) is 0. The molecule has 6 nitrogen and oxygen atoms in total. The Morgan fingerprint density at radius 3 is 2.59 bits per heavy atom. The van der Waals surface area contributed by atoms with Gasteiger partial charge in [0.1, 0.15) is 5.76 Å². The van der Waals surface area contributed by atoms with Crippen molar-refractivity contribution < 1.29 is 18.8 Å². The Morgan fingerprint density at radius 1 is 1.30 bits per heavy atom. The van der Waals surface area contributed by atoms with E-state index >= 15 is 0 Å². The largest absolute Gasteiger partial charge is 0.380 e. The molecule has 1 unspecified atom stereocenters. The van der Waals surface area contributed by atoms with Crippen molar-refractivity contribution in [2.75, 3.05) is 12.0 Å². The van der Waals surface area contributed by atoms with Crippen molar-refractivity contribution >= 4 is 17.4 Å². The zero-order valence-corrected chi connectivity index (χ0v) is 16.3.